The molecular weight excluding hydrogens is 511 g/mol. The maximum absolute atomic E-state index is 15.6. The summed E-state index contributed by atoms with van der Waals surface area (Å²) in [7, 11) is 0. The standard InChI is InChI=1S/C27H29FN4O5S/c1-27(2,3)37-26(35)30-20-16-10-31(11-17(16)20)22-18(28)9-15-19-21(29-13-38-23(19)22)25(34)32(24(15)33)36-12-14-7-5-4-6-8-14/h4-9,16-17,20-21,29H,10-13H2,1-3H3,(H,30,35). The van der Waals surface area contributed by atoms with Crippen LogP contribution < -0.4 is 15.5 Å². The zero-order chi connectivity index (χ0) is 26.8. The van der Waals surface area contributed by atoms with Gasteiger partial charge < -0.3 is 15.0 Å². The first-order valence-electron chi connectivity index (χ1n) is 12.6. The van der Waals surface area contributed by atoms with Crippen molar-refractivity contribution in [3.8, 4) is 0 Å². The lowest BCUT2D eigenvalue weighted by atomic mass is 9.93. The minimum atomic E-state index is -0.798. The number of ether oxygens (including phenoxy) is 1. The molecule has 0 bridgehead atoms. The number of amides is 3. The highest BCUT2D eigenvalue weighted by Crippen LogP contribution is 2.51. The van der Waals surface area contributed by atoms with Crippen LogP contribution in [0.2, 0.25) is 0 Å². The molecule has 3 heterocycles. The van der Waals surface area contributed by atoms with Crippen molar-refractivity contribution in [2.45, 2.75) is 50.0 Å². The van der Waals surface area contributed by atoms with Crippen LogP contribution in [0, 0.1) is 17.7 Å². The summed E-state index contributed by atoms with van der Waals surface area (Å²) in [6.45, 7) is 6.63. The predicted octanol–water partition coefficient (Wildman–Crippen LogP) is 3.59. The molecule has 0 aromatic heterocycles. The van der Waals surface area contributed by atoms with Crippen molar-refractivity contribution < 1.29 is 28.3 Å². The van der Waals surface area contributed by atoms with Crippen LogP contribution in [0.5, 0.6) is 0 Å². The molecule has 9 nitrogen and oxygen atoms in total. The number of rotatable bonds is 5. The molecule has 6 rings (SSSR count). The van der Waals surface area contributed by atoms with Crippen molar-refractivity contribution in [2.75, 3.05) is 23.9 Å². The molecule has 3 amide bonds. The number of imide groups is 1. The first-order valence-corrected chi connectivity index (χ1v) is 13.6. The van der Waals surface area contributed by atoms with Crippen LogP contribution in [0.15, 0.2) is 41.3 Å². The summed E-state index contributed by atoms with van der Waals surface area (Å²) >= 11 is 1.39. The van der Waals surface area contributed by atoms with Crippen molar-refractivity contribution in [1.29, 1.82) is 0 Å². The Morgan fingerprint density at radius 1 is 1.18 bits per heavy atom. The van der Waals surface area contributed by atoms with E-state index >= 15 is 4.39 Å². The van der Waals surface area contributed by atoms with Crippen molar-refractivity contribution in [2.24, 2.45) is 11.8 Å². The summed E-state index contributed by atoms with van der Waals surface area (Å²) in [5, 5.41) is 6.84. The van der Waals surface area contributed by atoms with Gasteiger partial charge in [0.05, 0.1) is 11.3 Å². The van der Waals surface area contributed by atoms with Gasteiger partial charge in [-0.3, -0.25) is 19.7 Å². The minimum absolute atomic E-state index is 0.00121. The second-order valence-corrected chi connectivity index (χ2v) is 12.0. The Balaban J connectivity index is 1.21. The average Bonchev–Trinajstić information content (AvgIpc) is 3.28. The number of nitrogens with one attached hydrogen (secondary N) is 2. The van der Waals surface area contributed by atoms with Crippen LogP contribution in [-0.2, 0) is 21.0 Å². The highest BCUT2D eigenvalue weighted by Gasteiger charge is 2.58. The van der Waals surface area contributed by atoms with Crippen LogP contribution in [0.1, 0.15) is 48.3 Å². The number of thioether (sulfide) groups is 1. The Bertz CT molecular complexity index is 1300. The Hall–Kier alpha value is -3.15. The number of anilines is 1. The van der Waals surface area contributed by atoms with E-state index < -0.39 is 35.4 Å². The lowest BCUT2D eigenvalue weighted by Crippen LogP contribution is -2.50. The van der Waals surface area contributed by atoms with E-state index in [1.807, 2.05) is 56.0 Å². The molecular formula is C27H29FN4O5S. The largest absolute Gasteiger partial charge is 0.444 e. The monoisotopic (exact) mass is 540 g/mol. The van der Waals surface area contributed by atoms with Crippen LogP contribution >= 0.6 is 11.8 Å². The number of hydrogen-bond donors (Lipinski definition) is 2. The predicted molar refractivity (Wildman–Crippen MR) is 138 cm³/mol. The van der Waals surface area contributed by atoms with Gasteiger partial charge in [-0.2, -0.15) is 0 Å². The fourth-order valence-corrected chi connectivity index (χ4v) is 6.72. The number of piperidine rings is 1. The second-order valence-electron chi connectivity index (χ2n) is 11.0. The fourth-order valence-electron chi connectivity index (χ4n) is 5.57. The Morgan fingerprint density at radius 2 is 1.89 bits per heavy atom. The molecule has 200 valence electrons. The minimum Gasteiger partial charge on any atom is -0.444 e. The number of hydrogen-bond acceptors (Lipinski definition) is 8. The van der Waals surface area contributed by atoms with Crippen molar-refractivity contribution in [1.82, 2.24) is 15.7 Å². The quantitative estimate of drug-likeness (QED) is 0.555. The number of nitrogens with zero attached hydrogens (tertiary/aromatic N) is 2. The van der Waals surface area contributed by atoms with E-state index in [1.165, 1.54) is 17.8 Å². The maximum atomic E-state index is 15.6. The van der Waals surface area contributed by atoms with E-state index in [0.29, 0.717) is 35.1 Å². The summed E-state index contributed by atoms with van der Waals surface area (Å²) in [6, 6.07) is 9.64. The molecule has 1 saturated carbocycles. The first-order chi connectivity index (χ1) is 18.1. The molecule has 1 aliphatic carbocycles. The van der Waals surface area contributed by atoms with E-state index in [-0.39, 0.29) is 30.0 Å². The summed E-state index contributed by atoms with van der Waals surface area (Å²) in [6.07, 6.45) is -0.445. The number of benzene rings is 2. The van der Waals surface area contributed by atoms with Crippen LogP contribution in [0.3, 0.4) is 0 Å². The molecule has 4 aliphatic rings. The lowest BCUT2D eigenvalue weighted by molar-refractivity contribution is -0.177. The Morgan fingerprint density at radius 3 is 2.58 bits per heavy atom. The number of carbonyl (C=O) groups excluding carboxylic acids is 3. The van der Waals surface area contributed by atoms with Gasteiger partial charge in [-0.1, -0.05) is 30.3 Å². The van der Waals surface area contributed by atoms with Crippen LogP contribution in [-0.4, -0.2) is 53.6 Å². The molecule has 2 aromatic carbocycles. The van der Waals surface area contributed by atoms with E-state index in [1.54, 1.807) is 0 Å². The molecule has 2 N–H and O–H groups in total. The zero-order valence-electron chi connectivity index (χ0n) is 21.3. The van der Waals surface area contributed by atoms with Gasteiger partial charge in [0.25, 0.3) is 11.8 Å². The van der Waals surface area contributed by atoms with Gasteiger partial charge in [0, 0.05) is 47.3 Å². The molecule has 11 heteroatoms. The summed E-state index contributed by atoms with van der Waals surface area (Å²) in [5.41, 5.74) is 1.29. The second kappa shape index (κ2) is 9.25. The van der Waals surface area contributed by atoms with E-state index in [2.05, 4.69) is 10.6 Å². The highest BCUT2D eigenvalue weighted by atomic mass is 32.2. The topological polar surface area (TPSA) is 100 Å². The van der Waals surface area contributed by atoms with Gasteiger partial charge in [-0.05, 0) is 32.4 Å². The molecule has 3 aliphatic heterocycles. The lowest BCUT2D eigenvalue weighted by Gasteiger charge is -2.38. The zero-order valence-corrected chi connectivity index (χ0v) is 22.1. The third-order valence-corrected chi connectivity index (χ3v) is 8.31. The van der Waals surface area contributed by atoms with Crippen molar-refractivity contribution in [3.05, 3.63) is 58.9 Å². The van der Waals surface area contributed by atoms with Gasteiger partial charge in [0.1, 0.15) is 24.1 Å². The summed E-state index contributed by atoms with van der Waals surface area (Å²) in [4.78, 5) is 47.0. The Kier molecular flexibility index (Phi) is 6.12. The number of halogens is 1. The van der Waals surface area contributed by atoms with Crippen LogP contribution in [0.25, 0.3) is 0 Å². The highest BCUT2D eigenvalue weighted by molar-refractivity contribution is 7.99. The van der Waals surface area contributed by atoms with Crippen molar-refractivity contribution >= 4 is 35.4 Å². The number of hydroxylamine groups is 2. The number of carbonyl (C=O) groups is 3. The molecule has 3 atom stereocenters. The molecule has 0 radical (unpaired) electrons. The van der Waals surface area contributed by atoms with E-state index in [4.69, 9.17) is 9.57 Å². The van der Waals surface area contributed by atoms with Gasteiger partial charge in [0.15, 0.2) is 0 Å². The fraction of sp³-hybridized carbons (Fsp3) is 0.444. The maximum Gasteiger partial charge on any atom is 0.407 e. The van der Waals surface area contributed by atoms with Gasteiger partial charge in [0.2, 0.25) is 0 Å². The van der Waals surface area contributed by atoms with Crippen molar-refractivity contribution in [3.63, 3.8) is 0 Å². The van der Waals surface area contributed by atoms with E-state index in [9.17, 15) is 14.4 Å². The normalized spacial score (nSPS) is 25.7. The van der Waals surface area contributed by atoms with Gasteiger partial charge in [-0.15, -0.1) is 16.8 Å². The average molecular weight is 541 g/mol. The molecule has 1 saturated heterocycles. The summed E-state index contributed by atoms with van der Waals surface area (Å²) < 4.78 is 21.0. The SMILES string of the molecule is CC(C)(C)OC(=O)NC1C2CN(c3c(F)cc4c5c3SCNC5C(=O)N(OCc3ccccc3)C4=O)CC21. The third-order valence-electron chi connectivity index (χ3n) is 7.30. The van der Waals surface area contributed by atoms with Gasteiger partial charge >= 0.3 is 6.09 Å². The molecule has 0 spiro atoms. The van der Waals surface area contributed by atoms with Crippen LogP contribution in [0.4, 0.5) is 14.9 Å². The molecule has 3 unspecified atom stereocenters. The smallest absolute Gasteiger partial charge is 0.407 e. The Labute approximate surface area is 224 Å². The molecule has 2 aromatic rings. The van der Waals surface area contributed by atoms with Gasteiger partial charge in [-0.25, -0.2) is 9.18 Å². The molecule has 2 fully saturated rings. The number of fused-ring (bicyclic) bond motifs is 1. The first kappa shape index (κ1) is 25.1. The summed E-state index contributed by atoms with van der Waals surface area (Å²) in [5.74, 6) is -0.905. The third kappa shape index (κ3) is 4.42. The van der Waals surface area contributed by atoms with E-state index in [0.717, 1.165) is 10.6 Å². The number of alkyl carbamates (subject to hydrolysis) is 1. The molecule has 38 heavy (non-hydrogen) atoms.